The third-order valence-corrected chi connectivity index (χ3v) is 1.75. The Morgan fingerprint density at radius 3 is 2.53 bits per heavy atom. The van der Waals surface area contributed by atoms with E-state index in [4.69, 9.17) is 15.7 Å². The van der Waals surface area contributed by atoms with Crippen molar-refractivity contribution in [3.63, 3.8) is 0 Å². The quantitative estimate of drug-likeness (QED) is 0.652. The van der Waals surface area contributed by atoms with Gasteiger partial charge < -0.3 is 10.5 Å². The van der Waals surface area contributed by atoms with Crippen molar-refractivity contribution in [2.24, 2.45) is 0 Å². The first kappa shape index (κ1) is 13.1. The Balaban J connectivity index is 2.45. The van der Waals surface area contributed by atoms with E-state index in [2.05, 4.69) is 4.74 Å². The fourth-order valence-electron chi connectivity index (χ4n) is 1.06. The Labute approximate surface area is 95.3 Å². The molecule has 0 aliphatic rings. The number of rotatable bonds is 4. The molecule has 0 saturated heterocycles. The van der Waals surface area contributed by atoms with Gasteiger partial charge in [0, 0.05) is 0 Å². The van der Waals surface area contributed by atoms with Crippen molar-refractivity contribution in [3.05, 3.63) is 23.8 Å². The van der Waals surface area contributed by atoms with Crippen molar-refractivity contribution in [2.75, 3.05) is 18.9 Å². The SMILES string of the molecule is N#Cc1ccc(OCCOC(F)(F)F)c(N)c1. The second-order valence-electron chi connectivity index (χ2n) is 3.01. The van der Waals surface area contributed by atoms with Crippen LogP contribution in [0.25, 0.3) is 0 Å². The molecule has 92 valence electrons. The van der Waals surface area contributed by atoms with E-state index < -0.39 is 13.0 Å². The summed E-state index contributed by atoms with van der Waals surface area (Å²) >= 11 is 0. The average Bonchev–Trinajstić information content (AvgIpc) is 2.24. The van der Waals surface area contributed by atoms with Gasteiger partial charge in [0.2, 0.25) is 0 Å². The zero-order valence-corrected chi connectivity index (χ0v) is 8.62. The van der Waals surface area contributed by atoms with Gasteiger partial charge >= 0.3 is 6.36 Å². The van der Waals surface area contributed by atoms with Crippen molar-refractivity contribution in [1.82, 2.24) is 0 Å². The van der Waals surface area contributed by atoms with Crippen molar-refractivity contribution in [1.29, 1.82) is 5.26 Å². The Morgan fingerprint density at radius 1 is 1.29 bits per heavy atom. The molecule has 0 spiro atoms. The van der Waals surface area contributed by atoms with Gasteiger partial charge in [-0.25, -0.2) is 0 Å². The molecule has 1 aromatic carbocycles. The molecule has 0 atom stereocenters. The van der Waals surface area contributed by atoms with Gasteiger partial charge in [0.05, 0.1) is 23.9 Å². The van der Waals surface area contributed by atoms with E-state index in [9.17, 15) is 13.2 Å². The van der Waals surface area contributed by atoms with Crippen LogP contribution in [0.15, 0.2) is 18.2 Å². The number of halogens is 3. The number of nitriles is 1. The van der Waals surface area contributed by atoms with Gasteiger partial charge in [-0.3, -0.25) is 4.74 Å². The highest BCUT2D eigenvalue weighted by atomic mass is 19.4. The van der Waals surface area contributed by atoms with E-state index in [-0.39, 0.29) is 18.0 Å². The maximum Gasteiger partial charge on any atom is 0.522 e. The van der Waals surface area contributed by atoms with Crippen molar-refractivity contribution in [2.45, 2.75) is 6.36 Å². The topological polar surface area (TPSA) is 68.3 Å². The summed E-state index contributed by atoms with van der Waals surface area (Å²) < 4.78 is 43.4. The minimum absolute atomic E-state index is 0.191. The van der Waals surface area contributed by atoms with Crippen LogP contribution in [-0.4, -0.2) is 19.6 Å². The molecule has 17 heavy (non-hydrogen) atoms. The summed E-state index contributed by atoms with van der Waals surface area (Å²) in [5.41, 5.74) is 6.07. The predicted octanol–water partition coefficient (Wildman–Crippen LogP) is 2.06. The second-order valence-corrected chi connectivity index (χ2v) is 3.01. The number of hydrogen-bond acceptors (Lipinski definition) is 4. The molecule has 0 aromatic heterocycles. The second kappa shape index (κ2) is 5.41. The smallest absolute Gasteiger partial charge is 0.489 e. The number of nitrogens with zero attached hydrogens (tertiary/aromatic N) is 1. The maximum atomic E-state index is 11.6. The maximum absolute atomic E-state index is 11.6. The number of ether oxygens (including phenoxy) is 2. The van der Waals surface area contributed by atoms with Gasteiger partial charge in [0.25, 0.3) is 0 Å². The van der Waals surface area contributed by atoms with Crippen LogP contribution in [0.1, 0.15) is 5.56 Å². The Hall–Kier alpha value is -1.94. The highest BCUT2D eigenvalue weighted by molar-refractivity contribution is 5.56. The van der Waals surface area contributed by atoms with E-state index in [1.54, 1.807) is 0 Å². The molecular formula is C10H9F3N2O2. The summed E-state index contributed by atoms with van der Waals surface area (Å²) in [6.07, 6.45) is -4.67. The van der Waals surface area contributed by atoms with Gasteiger partial charge in [0.1, 0.15) is 12.4 Å². The van der Waals surface area contributed by atoms with Crippen LogP contribution in [-0.2, 0) is 4.74 Å². The van der Waals surface area contributed by atoms with E-state index in [1.807, 2.05) is 6.07 Å². The van der Waals surface area contributed by atoms with Crippen LogP contribution in [0.4, 0.5) is 18.9 Å². The van der Waals surface area contributed by atoms with Crippen molar-refractivity contribution < 1.29 is 22.6 Å². The monoisotopic (exact) mass is 246 g/mol. The molecule has 0 aliphatic carbocycles. The summed E-state index contributed by atoms with van der Waals surface area (Å²) in [7, 11) is 0. The van der Waals surface area contributed by atoms with E-state index >= 15 is 0 Å². The molecule has 0 amide bonds. The largest absolute Gasteiger partial charge is 0.522 e. The van der Waals surface area contributed by atoms with E-state index in [0.29, 0.717) is 5.56 Å². The van der Waals surface area contributed by atoms with Crippen LogP contribution in [0.2, 0.25) is 0 Å². The Kier molecular flexibility index (Phi) is 4.17. The fourth-order valence-corrected chi connectivity index (χ4v) is 1.06. The first-order valence-electron chi connectivity index (χ1n) is 4.55. The molecule has 4 nitrogen and oxygen atoms in total. The molecule has 0 unspecified atom stereocenters. The summed E-state index contributed by atoms with van der Waals surface area (Å²) in [6.45, 7) is -0.904. The van der Waals surface area contributed by atoms with Gasteiger partial charge in [0.15, 0.2) is 0 Å². The fraction of sp³-hybridized carbons (Fsp3) is 0.300. The third-order valence-electron chi connectivity index (χ3n) is 1.75. The minimum atomic E-state index is -4.67. The molecule has 1 aromatic rings. The van der Waals surface area contributed by atoms with Gasteiger partial charge in [-0.15, -0.1) is 13.2 Å². The number of anilines is 1. The zero-order chi connectivity index (χ0) is 12.9. The molecule has 7 heteroatoms. The minimum Gasteiger partial charge on any atom is -0.489 e. The standard InChI is InChI=1S/C10H9F3N2O2/c11-10(12,13)17-4-3-16-9-2-1-7(6-14)5-8(9)15/h1-2,5H,3-4,15H2. The summed E-state index contributed by atoms with van der Waals surface area (Å²) in [6, 6.07) is 6.12. The summed E-state index contributed by atoms with van der Waals surface area (Å²) in [5, 5.41) is 8.57. The van der Waals surface area contributed by atoms with E-state index in [0.717, 1.165) is 0 Å². The highest BCUT2D eigenvalue weighted by Gasteiger charge is 2.28. The van der Waals surface area contributed by atoms with Gasteiger partial charge in [-0.05, 0) is 18.2 Å². The molecular weight excluding hydrogens is 237 g/mol. The molecule has 0 radical (unpaired) electrons. The lowest BCUT2D eigenvalue weighted by Gasteiger charge is -2.10. The van der Waals surface area contributed by atoms with Crippen molar-refractivity contribution >= 4 is 5.69 Å². The number of benzene rings is 1. The van der Waals surface area contributed by atoms with E-state index in [1.165, 1.54) is 18.2 Å². The Bertz CT molecular complexity index is 427. The summed E-state index contributed by atoms with van der Waals surface area (Å²) in [4.78, 5) is 0. The number of nitrogens with two attached hydrogens (primary N) is 1. The van der Waals surface area contributed by atoms with Gasteiger partial charge in [-0.1, -0.05) is 0 Å². The first-order chi connectivity index (χ1) is 7.92. The molecule has 0 fully saturated rings. The normalized spacial score (nSPS) is 10.9. The van der Waals surface area contributed by atoms with Crippen molar-refractivity contribution in [3.8, 4) is 11.8 Å². The first-order valence-corrected chi connectivity index (χ1v) is 4.55. The molecule has 0 bridgehead atoms. The molecule has 0 aliphatic heterocycles. The molecule has 0 saturated carbocycles. The number of nitrogen functional groups attached to an aromatic ring is 1. The molecule has 2 N–H and O–H groups in total. The van der Waals surface area contributed by atoms with Crippen LogP contribution in [0, 0.1) is 11.3 Å². The van der Waals surface area contributed by atoms with Crippen LogP contribution in [0.5, 0.6) is 5.75 Å². The molecule has 0 heterocycles. The predicted molar refractivity (Wildman–Crippen MR) is 53.1 cm³/mol. The third kappa shape index (κ3) is 4.61. The number of hydrogen-bond donors (Lipinski definition) is 1. The molecule has 1 rings (SSSR count). The Morgan fingerprint density at radius 2 is 2.00 bits per heavy atom. The number of alkyl halides is 3. The average molecular weight is 246 g/mol. The zero-order valence-electron chi connectivity index (χ0n) is 8.62. The van der Waals surface area contributed by atoms with Crippen LogP contribution >= 0.6 is 0 Å². The highest BCUT2D eigenvalue weighted by Crippen LogP contribution is 2.22. The lowest BCUT2D eigenvalue weighted by molar-refractivity contribution is -0.325. The van der Waals surface area contributed by atoms with Crippen LogP contribution in [0.3, 0.4) is 0 Å². The summed E-state index contributed by atoms with van der Waals surface area (Å²) in [5.74, 6) is 0.217. The van der Waals surface area contributed by atoms with Crippen LogP contribution < -0.4 is 10.5 Å². The lowest BCUT2D eigenvalue weighted by Crippen LogP contribution is -2.18. The van der Waals surface area contributed by atoms with Gasteiger partial charge in [-0.2, -0.15) is 5.26 Å². The lowest BCUT2D eigenvalue weighted by atomic mass is 10.2.